The van der Waals surface area contributed by atoms with E-state index < -0.39 is 0 Å². The fourth-order valence-corrected chi connectivity index (χ4v) is 1.94. The molecule has 3 rings (SSSR count). The molecule has 1 aliphatic heterocycles. The highest BCUT2D eigenvalue weighted by atomic mass is 35.5. The first-order chi connectivity index (χ1) is 8.78. The van der Waals surface area contributed by atoms with Gasteiger partial charge < -0.3 is 4.74 Å². The van der Waals surface area contributed by atoms with E-state index in [1.165, 1.54) is 0 Å². The summed E-state index contributed by atoms with van der Waals surface area (Å²) in [6.45, 7) is 0.586. The summed E-state index contributed by atoms with van der Waals surface area (Å²) in [6.07, 6.45) is 3.41. The number of imidazole rings is 1. The maximum Gasteiger partial charge on any atom is 0.316 e. The number of nitrogens with zero attached hydrogens (tertiary/aromatic N) is 5. The first-order valence-corrected chi connectivity index (χ1v) is 5.71. The number of halogens is 1. The minimum Gasteiger partial charge on any atom is -0.467 e. The third-order valence-electron chi connectivity index (χ3n) is 2.63. The summed E-state index contributed by atoms with van der Waals surface area (Å²) in [4.78, 5) is 4.06. The molecule has 1 aromatic heterocycles. The molecule has 0 atom stereocenters. The second-order valence-corrected chi connectivity index (χ2v) is 4.19. The first kappa shape index (κ1) is 11.0. The van der Waals surface area contributed by atoms with Crippen LogP contribution >= 0.6 is 11.6 Å². The van der Waals surface area contributed by atoms with Gasteiger partial charge in [0.2, 0.25) is 0 Å². The van der Waals surface area contributed by atoms with Gasteiger partial charge in [-0.15, -0.1) is 5.11 Å². The topological polar surface area (TPSA) is 55.0 Å². The van der Waals surface area contributed by atoms with Crippen molar-refractivity contribution >= 4 is 17.3 Å². The summed E-state index contributed by atoms with van der Waals surface area (Å²) in [5.74, 6) is 0. The predicted molar refractivity (Wildman–Crippen MR) is 66.7 cm³/mol. The Kier molecular flexibility index (Phi) is 2.64. The third-order valence-corrected chi connectivity index (χ3v) is 2.87. The Labute approximate surface area is 108 Å². The molecule has 0 saturated heterocycles. The van der Waals surface area contributed by atoms with Crippen molar-refractivity contribution < 1.29 is 4.74 Å². The predicted octanol–water partition coefficient (Wildman–Crippen LogP) is 2.70. The Balaban J connectivity index is 1.94. The number of methoxy groups -OCH3 is 1. The van der Waals surface area contributed by atoms with Gasteiger partial charge in [-0.05, 0) is 17.4 Å². The molecule has 18 heavy (non-hydrogen) atoms. The van der Waals surface area contributed by atoms with Crippen molar-refractivity contribution in [3.63, 3.8) is 0 Å². The van der Waals surface area contributed by atoms with Gasteiger partial charge in [0.05, 0.1) is 31.7 Å². The van der Waals surface area contributed by atoms with Crippen molar-refractivity contribution in [2.24, 2.45) is 10.3 Å². The van der Waals surface area contributed by atoms with Gasteiger partial charge >= 0.3 is 6.01 Å². The summed E-state index contributed by atoms with van der Waals surface area (Å²) in [7, 11) is 1.56. The number of rotatable bonds is 2. The van der Waals surface area contributed by atoms with E-state index in [1.807, 2.05) is 12.1 Å². The molecule has 0 bridgehead atoms. The zero-order chi connectivity index (χ0) is 12.5. The molecule has 0 spiro atoms. The Hall–Kier alpha value is -2.08. The average Bonchev–Trinajstić information content (AvgIpc) is 2.86. The molecule has 7 heteroatoms. The molecule has 0 radical (unpaired) electrons. The zero-order valence-electron chi connectivity index (χ0n) is 9.62. The second kappa shape index (κ2) is 4.30. The van der Waals surface area contributed by atoms with Crippen LogP contribution in [-0.4, -0.2) is 16.8 Å². The second-order valence-electron chi connectivity index (χ2n) is 3.75. The van der Waals surface area contributed by atoms with Crippen LogP contribution < -0.4 is 9.85 Å². The van der Waals surface area contributed by atoms with Gasteiger partial charge in [0.15, 0.2) is 0 Å². The van der Waals surface area contributed by atoms with Gasteiger partial charge in [0.25, 0.3) is 0 Å². The Morgan fingerprint density at radius 1 is 1.39 bits per heavy atom. The van der Waals surface area contributed by atoms with Crippen molar-refractivity contribution in [2.75, 3.05) is 12.2 Å². The number of hydrogen-bond acceptors (Lipinski definition) is 5. The van der Waals surface area contributed by atoms with Gasteiger partial charge in [-0.2, -0.15) is 9.79 Å². The lowest BCUT2D eigenvalue weighted by molar-refractivity contribution is 0.347. The molecular weight excluding hydrogens is 254 g/mol. The van der Waals surface area contributed by atoms with Gasteiger partial charge in [0.1, 0.15) is 0 Å². The minimum atomic E-state index is 0.464. The summed E-state index contributed by atoms with van der Waals surface area (Å²) in [5.41, 5.74) is 1.84. The van der Waals surface area contributed by atoms with Crippen LogP contribution in [0.25, 0.3) is 0 Å². The van der Waals surface area contributed by atoms with Gasteiger partial charge in [-0.1, -0.05) is 17.7 Å². The van der Waals surface area contributed by atoms with E-state index in [2.05, 4.69) is 15.3 Å². The standard InChI is InChI=1S/C11H10ClN5O/c1-18-11-13-4-5-16(11)17-7-8-2-3-9(12)6-10(8)14-15-17/h2-6H,7H2,1H3. The number of ether oxygens (including phenoxy) is 1. The highest BCUT2D eigenvalue weighted by Gasteiger charge is 2.17. The molecular formula is C11H10ClN5O. The van der Waals surface area contributed by atoms with Crippen LogP contribution in [0.3, 0.4) is 0 Å². The molecule has 92 valence electrons. The van der Waals surface area contributed by atoms with Crippen molar-refractivity contribution in [2.45, 2.75) is 6.54 Å². The molecule has 0 saturated carbocycles. The molecule has 1 aliphatic rings. The van der Waals surface area contributed by atoms with Gasteiger partial charge in [-0.3, -0.25) is 0 Å². The maximum absolute atomic E-state index is 5.91. The molecule has 2 aromatic rings. The van der Waals surface area contributed by atoms with Crippen molar-refractivity contribution in [1.29, 1.82) is 0 Å². The van der Waals surface area contributed by atoms with E-state index in [4.69, 9.17) is 16.3 Å². The lowest BCUT2D eigenvalue weighted by Crippen LogP contribution is -2.29. The Bertz CT molecular complexity index is 609. The highest BCUT2D eigenvalue weighted by molar-refractivity contribution is 6.30. The summed E-state index contributed by atoms with van der Waals surface area (Å²) >= 11 is 5.91. The van der Waals surface area contributed by atoms with E-state index >= 15 is 0 Å². The zero-order valence-corrected chi connectivity index (χ0v) is 10.4. The van der Waals surface area contributed by atoms with E-state index in [-0.39, 0.29) is 0 Å². The molecule has 1 aromatic carbocycles. The maximum atomic E-state index is 5.91. The summed E-state index contributed by atoms with van der Waals surface area (Å²) < 4.78 is 6.83. The molecule has 0 amide bonds. The SMILES string of the molecule is COc1nccn1N1Cc2ccc(Cl)cc2N=N1. The van der Waals surface area contributed by atoms with Crippen molar-refractivity contribution in [3.8, 4) is 6.01 Å². The van der Waals surface area contributed by atoms with Crippen LogP contribution in [0.4, 0.5) is 5.69 Å². The van der Waals surface area contributed by atoms with Gasteiger partial charge in [-0.25, -0.2) is 4.98 Å². The monoisotopic (exact) mass is 263 g/mol. The smallest absolute Gasteiger partial charge is 0.316 e. The number of benzene rings is 1. The van der Waals surface area contributed by atoms with Crippen LogP contribution in [0.2, 0.25) is 5.02 Å². The summed E-state index contributed by atoms with van der Waals surface area (Å²) in [6, 6.07) is 6.03. The summed E-state index contributed by atoms with van der Waals surface area (Å²) in [5, 5.41) is 10.6. The molecule has 0 unspecified atom stereocenters. The van der Waals surface area contributed by atoms with Crippen molar-refractivity contribution in [3.05, 3.63) is 41.2 Å². The van der Waals surface area contributed by atoms with Crippen LogP contribution in [0, 0.1) is 0 Å². The average molecular weight is 264 g/mol. The largest absolute Gasteiger partial charge is 0.467 e. The Morgan fingerprint density at radius 3 is 3.11 bits per heavy atom. The molecule has 0 aliphatic carbocycles. The van der Waals surface area contributed by atoms with Crippen molar-refractivity contribution in [1.82, 2.24) is 9.66 Å². The number of hydrogen-bond donors (Lipinski definition) is 0. The molecule has 0 N–H and O–H groups in total. The lowest BCUT2D eigenvalue weighted by atomic mass is 10.2. The van der Waals surface area contributed by atoms with E-state index in [0.717, 1.165) is 11.3 Å². The third kappa shape index (κ3) is 1.80. The van der Waals surface area contributed by atoms with Crippen LogP contribution in [0.15, 0.2) is 40.9 Å². The van der Waals surface area contributed by atoms with Crippen LogP contribution in [-0.2, 0) is 6.54 Å². The normalized spacial score (nSPS) is 13.6. The molecule has 0 fully saturated rings. The van der Waals surface area contributed by atoms with Crippen LogP contribution in [0.5, 0.6) is 6.01 Å². The molecule has 6 nitrogen and oxygen atoms in total. The van der Waals surface area contributed by atoms with E-state index in [1.54, 1.807) is 35.4 Å². The lowest BCUT2D eigenvalue weighted by Gasteiger charge is -2.23. The highest BCUT2D eigenvalue weighted by Crippen LogP contribution is 2.29. The fraction of sp³-hybridized carbons (Fsp3) is 0.182. The van der Waals surface area contributed by atoms with E-state index in [9.17, 15) is 0 Å². The first-order valence-electron chi connectivity index (χ1n) is 5.33. The fourth-order valence-electron chi connectivity index (χ4n) is 1.77. The molecule has 2 heterocycles. The minimum absolute atomic E-state index is 0.464. The number of fused-ring (bicyclic) bond motifs is 1. The van der Waals surface area contributed by atoms with Crippen LogP contribution in [0.1, 0.15) is 5.56 Å². The Morgan fingerprint density at radius 2 is 2.28 bits per heavy atom. The van der Waals surface area contributed by atoms with Gasteiger partial charge in [0, 0.05) is 10.6 Å². The quantitative estimate of drug-likeness (QED) is 0.837. The van der Waals surface area contributed by atoms with E-state index in [0.29, 0.717) is 17.6 Å². The number of aromatic nitrogens is 2.